The third kappa shape index (κ3) is 12.6. The lowest BCUT2D eigenvalue weighted by molar-refractivity contribution is -0.156. The zero-order chi connectivity index (χ0) is 57.3. The van der Waals surface area contributed by atoms with Gasteiger partial charge in [-0.3, -0.25) is 38.9 Å². The lowest BCUT2D eigenvalue weighted by Gasteiger charge is -2.40. The number of hydrazine groups is 1. The second-order valence-corrected chi connectivity index (χ2v) is 24.2. The number of carbonyl (C=O) groups is 5. The fourth-order valence-electron chi connectivity index (χ4n) is 10.9. The Morgan fingerprint density at radius 3 is 2.41 bits per heavy atom. The van der Waals surface area contributed by atoms with Crippen LogP contribution in [0.15, 0.2) is 29.8 Å². The first-order valence-electron chi connectivity index (χ1n) is 27.5. The molecular formula is C58H78F2N10O8S. The van der Waals surface area contributed by atoms with E-state index in [1.807, 2.05) is 72.8 Å². The summed E-state index contributed by atoms with van der Waals surface area (Å²) in [5.41, 5.74) is 4.91. The third-order valence-corrected chi connectivity index (χ3v) is 17.0. The van der Waals surface area contributed by atoms with Crippen molar-refractivity contribution in [3.05, 3.63) is 51.9 Å². The number of hydrogen-bond donors (Lipinski definition) is 2. The van der Waals surface area contributed by atoms with Crippen LogP contribution in [0.25, 0.3) is 33.4 Å². The van der Waals surface area contributed by atoms with Gasteiger partial charge >= 0.3 is 5.97 Å². The predicted molar refractivity (Wildman–Crippen MR) is 299 cm³/mol. The van der Waals surface area contributed by atoms with Gasteiger partial charge in [0.25, 0.3) is 17.7 Å². The van der Waals surface area contributed by atoms with Gasteiger partial charge in [0.05, 0.1) is 71.0 Å². The molecule has 6 bridgehead atoms. The highest BCUT2D eigenvalue weighted by Gasteiger charge is 2.47. The van der Waals surface area contributed by atoms with Gasteiger partial charge in [-0.25, -0.2) is 19.2 Å². The van der Waals surface area contributed by atoms with Gasteiger partial charge in [0.15, 0.2) is 5.67 Å². The number of ether oxygens (including phenoxy) is 3. The molecule has 4 atom stereocenters. The van der Waals surface area contributed by atoms with Gasteiger partial charge in [-0.15, -0.1) is 11.3 Å². The summed E-state index contributed by atoms with van der Waals surface area (Å²) in [7, 11) is 6.72. The van der Waals surface area contributed by atoms with E-state index >= 15 is 8.78 Å². The zero-order valence-electron chi connectivity index (χ0n) is 47.9. The number of fused-ring (bicyclic) bond motifs is 6. The summed E-state index contributed by atoms with van der Waals surface area (Å²) in [4.78, 5) is 87.4. The molecule has 1 aromatic carbocycles. The van der Waals surface area contributed by atoms with E-state index in [1.54, 1.807) is 26.3 Å². The minimum absolute atomic E-state index is 0.00931. The molecule has 21 heteroatoms. The summed E-state index contributed by atoms with van der Waals surface area (Å²) >= 11 is 1.20. The van der Waals surface area contributed by atoms with Crippen LogP contribution in [0.5, 0.6) is 0 Å². The fourth-order valence-corrected chi connectivity index (χ4v) is 11.8. The summed E-state index contributed by atoms with van der Waals surface area (Å²) < 4.78 is 53.7. The van der Waals surface area contributed by atoms with Crippen LogP contribution < -0.4 is 15.6 Å². The Labute approximate surface area is 466 Å². The number of aryl methyl sites for hydroxylation is 1. The van der Waals surface area contributed by atoms with Crippen molar-refractivity contribution in [2.24, 2.45) is 11.3 Å². The van der Waals surface area contributed by atoms with Crippen molar-refractivity contribution in [2.45, 2.75) is 136 Å². The van der Waals surface area contributed by atoms with Gasteiger partial charge in [-0.1, -0.05) is 33.6 Å². The maximum absolute atomic E-state index is 17.0. The molecule has 4 aliphatic rings. The number of likely N-dealkylation sites (tertiary alicyclic amines) is 1. The van der Waals surface area contributed by atoms with E-state index in [9.17, 15) is 24.0 Å². The topological polar surface area (TPSA) is 184 Å². The number of rotatable bonds is 11. The molecule has 428 valence electrons. The van der Waals surface area contributed by atoms with Gasteiger partial charge < -0.3 is 38.8 Å². The third-order valence-electron chi connectivity index (χ3n) is 16.1. The van der Waals surface area contributed by atoms with Crippen molar-refractivity contribution >= 4 is 57.5 Å². The van der Waals surface area contributed by atoms with Crippen LogP contribution in [0.3, 0.4) is 0 Å². The monoisotopic (exact) mass is 1110 g/mol. The molecule has 0 aliphatic carbocycles. The van der Waals surface area contributed by atoms with Crippen molar-refractivity contribution in [1.82, 2.24) is 45.0 Å². The highest BCUT2D eigenvalue weighted by molar-refractivity contribution is 7.10. The van der Waals surface area contributed by atoms with E-state index in [4.69, 9.17) is 24.2 Å². The molecule has 0 saturated carbocycles. The Bertz CT molecular complexity index is 3000. The van der Waals surface area contributed by atoms with E-state index < -0.39 is 82.2 Å². The number of hydrogen-bond acceptors (Lipinski definition) is 14. The minimum atomic E-state index is -2.38. The van der Waals surface area contributed by atoms with Crippen LogP contribution in [-0.2, 0) is 57.6 Å². The maximum Gasteiger partial charge on any atom is 0.324 e. The molecule has 0 unspecified atom stereocenters. The zero-order valence-corrected chi connectivity index (χ0v) is 48.7. The lowest BCUT2D eigenvalue weighted by atomic mass is 9.84. The Balaban J connectivity index is 1.14. The number of cyclic esters (lactones) is 1. The minimum Gasteiger partial charge on any atom is -0.464 e. The summed E-state index contributed by atoms with van der Waals surface area (Å²) in [5.74, 6) is 1.38. The average molecular weight is 1110 g/mol. The van der Waals surface area contributed by atoms with Crippen molar-refractivity contribution in [1.29, 1.82) is 0 Å². The Morgan fingerprint density at radius 1 is 1.04 bits per heavy atom. The molecule has 8 rings (SSSR count). The number of halogens is 2. The number of thiazole rings is 1. The number of pyridine rings is 1. The quantitative estimate of drug-likeness (QED) is 0.126. The molecule has 0 radical (unpaired) electrons. The molecule has 4 aliphatic heterocycles. The number of aromatic nitrogens is 3. The fraction of sp³-hybridized carbons (Fsp3) is 0.603. The van der Waals surface area contributed by atoms with Crippen LogP contribution in [0, 0.1) is 29.0 Å². The number of likely N-dealkylation sites (N-methyl/N-ethyl adjacent to an activating group) is 1. The number of nitrogens with zero attached hydrogens (tertiary/aromatic N) is 8. The van der Waals surface area contributed by atoms with E-state index in [-0.39, 0.29) is 51.1 Å². The van der Waals surface area contributed by atoms with E-state index in [0.29, 0.717) is 74.0 Å². The molecule has 18 nitrogen and oxygen atoms in total. The molecule has 4 amide bonds. The van der Waals surface area contributed by atoms with E-state index in [1.165, 1.54) is 34.4 Å². The SMILES string of the molecule is CCn1c(-c2cc(N3CCOCC3)cnc2[C@H](C)OC)c2c3cc(c(F)cc31)-c1csc(n1)C[C@H](NC(=O)[C@H](C(C)C)N(C)C(=O)C1(F)CCN(C(=O)C#CC(C)(C)N(C)C)CC1)C(=O)N1CCC[C@H](N1)C(=O)OCC(C)(C)C2. The van der Waals surface area contributed by atoms with Crippen LogP contribution in [0.1, 0.15) is 103 Å². The second-order valence-electron chi connectivity index (χ2n) is 23.2. The van der Waals surface area contributed by atoms with Crippen molar-refractivity contribution in [3.8, 4) is 34.4 Å². The number of morpholine rings is 1. The largest absolute Gasteiger partial charge is 0.464 e. The van der Waals surface area contributed by atoms with Crippen LogP contribution >= 0.6 is 11.3 Å². The Morgan fingerprint density at radius 2 is 1.75 bits per heavy atom. The highest BCUT2D eigenvalue weighted by Crippen LogP contribution is 2.44. The Kier molecular flexibility index (Phi) is 17.9. The Hall–Kier alpha value is -6.05. The highest BCUT2D eigenvalue weighted by atomic mass is 32.1. The summed E-state index contributed by atoms with van der Waals surface area (Å²) in [6.07, 6.45) is 1.98. The molecule has 3 aromatic heterocycles. The van der Waals surface area contributed by atoms with E-state index in [2.05, 4.69) is 38.1 Å². The second kappa shape index (κ2) is 24.0. The summed E-state index contributed by atoms with van der Waals surface area (Å²) in [6.45, 7) is 18.4. The van der Waals surface area contributed by atoms with Gasteiger partial charge in [-0.2, -0.15) is 0 Å². The molecule has 3 saturated heterocycles. The number of nitrogens with one attached hydrogen (secondary N) is 2. The average Bonchev–Trinajstić information content (AvgIpc) is 4.13. The number of methoxy groups -OCH3 is 1. The van der Waals surface area contributed by atoms with Crippen LogP contribution in [0.4, 0.5) is 14.5 Å². The smallest absolute Gasteiger partial charge is 0.324 e. The number of esters is 1. The first kappa shape index (κ1) is 59.1. The standard InChI is InChI=1S/C58H78F2N10O8S/c1-13-69-46-29-42(59)39-28-38(46)41(51(69)40-27-37(67-23-25-77-26-24-67)32-61-49(40)36(4)76-12)31-56(5,6)34-78-54(74)43-15-14-20-70(64-43)53(73)44(30-47-62-45(39)33-79-47)63-52(72)50(35(2)3)66(11)55(75)58(60)18-21-68(22-19-58)48(71)16-17-57(7,8)65(9)10/h27-29,32-33,35-36,43-44,50,64H,13-15,18-26,30-31,34H2,1-12H3,(H,63,72)/t36-,43-,44-,50-/m0/s1. The van der Waals surface area contributed by atoms with Gasteiger partial charge in [0, 0.05) is 100.0 Å². The van der Waals surface area contributed by atoms with Gasteiger partial charge in [-0.05, 0) is 96.7 Å². The lowest BCUT2D eigenvalue weighted by Crippen LogP contribution is -2.63. The van der Waals surface area contributed by atoms with Crippen molar-refractivity contribution in [2.75, 3.05) is 85.7 Å². The maximum atomic E-state index is 17.0. The van der Waals surface area contributed by atoms with Gasteiger partial charge in [0.2, 0.25) is 5.91 Å². The molecule has 4 aromatic rings. The van der Waals surface area contributed by atoms with Gasteiger partial charge in [0.1, 0.15) is 23.9 Å². The molecule has 79 heavy (non-hydrogen) atoms. The normalized spacial score (nSPS) is 20.8. The number of benzene rings is 1. The van der Waals surface area contributed by atoms with Crippen LogP contribution in [-0.4, -0.2) is 174 Å². The molecule has 7 heterocycles. The van der Waals surface area contributed by atoms with Crippen molar-refractivity contribution in [3.63, 3.8) is 0 Å². The summed E-state index contributed by atoms with van der Waals surface area (Å²) in [6, 6.07) is 2.08. The predicted octanol–water partition coefficient (Wildman–Crippen LogP) is 6.34. The van der Waals surface area contributed by atoms with Crippen LogP contribution in [0.2, 0.25) is 0 Å². The number of amides is 4. The molecule has 0 spiro atoms. The molecule has 3 fully saturated rings. The summed E-state index contributed by atoms with van der Waals surface area (Å²) in [5, 5.41) is 7.13. The number of anilines is 1. The van der Waals surface area contributed by atoms with E-state index in [0.717, 1.165) is 32.8 Å². The number of alkyl halides is 1. The van der Waals surface area contributed by atoms with Crippen molar-refractivity contribution < 1.29 is 47.0 Å². The first-order valence-corrected chi connectivity index (χ1v) is 28.4. The molecule has 2 N–H and O–H groups in total. The first-order chi connectivity index (χ1) is 37.4. The number of piperidine rings is 1. The number of carbonyl (C=O) groups excluding carboxylic acids is 5. The molecular weight excluding hydrogens is 1030 g/mol.